The Kier molecular flexibility index (Phi) is 5.06. The van der Waals surface area contributed by atoms with Crippen LogP contribution in [0.1, 0.15) is 16.8 Å². The fourth-order valence-electron chi connectivity index (χ4n) is 1.83. The summed E-state index contributed by atoms with van der Waals surface area (Å²) in [5, 5.41) is 0. The molecule has 1 heterocycles. The Bertz CT molecular complexity index is 771. The van der Waals surface area contributed by atoms with E-state index in [-0.39, 0.29) is 17.9 Å². The lowest BCUT2D eigenvalue weighted by atomic mass is 10.2. The molecule has 23 heavy (non-hydrogen) atoms. The highest BCUT2D eigenvalue weighted by Crippen LogP contribution is 2.27. The summed E-state index contributed by atoms with van der Waals surface area (Å²) in [7, 11) is -3.92. The van der Waals surface area contributed by atoms with Gasteiger partial charge in [-0.15, -0.1) is 0 Å². The Morgan fingerprint density at radius 2 is 1.78 bits per heavy atom. The summed E-state index contributed by atoms with van der Waals surface area (Å²) < 4.78 is 66.4. The third kappa shape index (κ3) is 4.77. The van der Waals surface area contributed by atoms with Gasteiger partial charge in [0.25, 0.3) is 10.1 Å². The summed E-state index contributed by atoms with van der Waals surface area (Å²) in [6.45, 7) is 1.57. The van der Waals surface area contributed by atoms with Gasteiger partial charge in [-0.3, -0.25) is 9.17 Å². The topological polar surface area (TPSA) is 56.3 Å². The highest BCUT2D eigenvalue weighted by Gasteiger charge is 2.32. The smallest absolute Gasteiger partial charge is 0.266 e. The molecular weight excluding hydrogens is 331 g/mol. The number of nitrogens with zero attached hydrogens (tertiary/aromatic N) is 1. The summed E-state index contributed by atoms with van der Waals surface area (Å²) in [6.07, 6.45) is -3.48. The van der Waals surface area contributed by atoms with Gasteiger partial charge in [-0.1, -0.05) is 17.7 Å². The quantitative estimate of drug-likeness (QED) is 0.780. The van der Waals surface area contributed by atoms with E-state index in [4.69, 9.17) is 4.18 Å². The lowest BCUT2D eigenvalue weighted by Crippen LogP contribution is -2.11. The zero-order valence-corrected chi connectivity index (χ0v) is 13.0. The molecule has 8 heteroatoms. The molecule has 1 aromatic heterocycles. The molecule has 0 saturated heterocycles. The Labute approximate surface area is 132 Å². The Morgan fingerprint density at radius 3 is 2.39 bits per heavy atom. The molecule has 0 spiro atoms. The largest absolute Gasteiger partial charge is 0.433 e. The van der Waals surface area contributed by atoms with Crippen LogP contribution in [0.4, 0.5) is 13.2 Å². The number of hydrogen-bond acceptors (Lipinski definition) is 4. The number of pyridine rings is 1. The summed E-state index contributed by atoms with van der Waals surface area (Å²) in [5.74, 6) is 0. The molecule has 0 unspecified atom stereocenters. The van der Waals surface area contributed by atoms with E-state index in [0.29, 0.717) is 5.56 Å². The maximum absolute atomic E-state index is 12.5. The van der Waals surface area contributed by atoms with Gasteiger partial charge in [0.05, 0.1) is 11.5 Å². The minimum absolute atomic E-state index is 0.00816. The van der Waals surface area contributed by atoms with Crippen molar-refractivity contribution in [3.63, 3.8) is 0 Å². The van der Waals surface area contributed by atoms with Crippen molar-refractivity contribution in [1.29, 1.82) is 0 Å². The molecule has 124 valence electrons. The highest BCUT2D eigenvalue weighted by atomic mass is 32.2. The fraction of sp³-hybridized carbons (Fsp3) is 0.267. The third-order valence-electron chi connectivity index (χ3n) is 3.05. The first-order valence-corrected chi connectivity index (χ1v) is 8.07. The number of aryl methyl sites for hydroxylation is 1. The molecule has 4 nitrogen and oxygen atoms in total. The first-order valence-electron chi connectivity index (χ1n) is 6.67. The van der Waals surface area contributed by atoms with Gasteiger partial charge in [-0.05, 0) is 43.2 Å². The highest BCUT2D eigenvalue weighted by molar-refractivity contribution is 7.86. The second kappa shape index (κ2) is 6.67. The number of benzene rings is 1. The van der Waals surface area contributed by atoms with Crippen molar-refractivity contribution in [3.05, 3.63) is 59.4 Å². The van der Waals surface area contributed by atoms with Crippen LogP contribution >= 0.6 is 0 Å². The molecule has 0 bridgehead atoms. The summed E-state index contributed by atoms with van der Waals surface area (Å²) >= 11 is 0. The normalized spacial score (nSPS) is 12.3. The maximum Gasteiger partial charge on any atom is 0.433 e. The summed E-state index contributed by atoms with van der Waals surface area (Å²) in [4.78, 5) is 3.25. The molecule has 0 fully saturated rings. The van der Waals surface area contributed by atoms with Crippen molar-refractivity contribution in [2.24, 2.45) is 0 Å². The molecule has 0 aliphatic rings. The molecule has 2 rings (SSSR count). The lowest BCUT2D eigenvalue weighted by molar-refractivity contribution is -0.141. The zero-order valence-electron chi connectivity index (χ0n) is 12.2. The molecule has 0 N–H and O–H groups in total. The van der Waals surface area contributed by atoms with Crippen LogP contribution in [-0.4, -0.2) is 20.0 Å². The van der Waals surface area contributed by atoms with Crippen molar-refractivity contribution in [1.82, 2.24) is 4.98 Å². The van der Waals surface area contributed by atoms with Crippen molar-refractivity contribution in [3.8, 4) is 0 Å². The molecule has 0 saturated carbocycles. The zero-order chi connectivity index (χ0) is 17.1. The van der Waals surface area contributed by atoms with Gasteiger partial charge < -0.3 is 0 Å². The van der Waals surface area contributed by atoms with Crippen LogP contribution in [0, 0.1) is 6.92 Å². The molecule has 1 aromatic carbocycles. The van der Waals surface area contributed by atoms with Crippen molar-refractivity contribution < 1.29 is 25.8 Å². The van der Waals surface area contributed by atoms with Gasteiger partial charge >= 0.3 is 6.18 Å². The summed E-state index contributed by atoms with van der Waals surface area (Å²) in [5.41, 5.74) is 0.184. The minimum atomic E-state index is -4.54. The average molecular weight is 345 g/mol. The van der Waals surface area contributed by atoms with Crippen LogP contribution in [-0.2, 0) is 26.9 Å². The number of rotatable bonds is 5. The van der Waals surface area contributed by atoms with E-state index >= 15 is 0 Å². The number of halogens is 3. The van der Waals surface area contributed by atoms with E-state index < -0.39 is 22.0 Å². The fourth-order valence-corrected chi connectivity index (χ4v) is 2.74. The van der Waals surface area contributed by atoms with Crippen LogP contribution in [0.3, 0.4) is 0 Å². The Balaban J connectivity index is 2.01. The standard InChI is InChI=1S/C15H14F3NO3S/c1-11-2-4-13(5-3-11)23(20,21)22-9-7-12-6-8-19-14(10-12)15(16,17)18/h2-6,8,10H,7,9H2,1H3. The molecule has 0 radical (unpaired) electrons. The van der Waals surface area contributed by atoms with Crippen LogP contribution in [0.15, 0.2) is 47.5 Å². The predicted molar refractivity (Wildman–Crippen MR) is 77.3 cm³/mol. The predicted octanol–water partition coefficient (Wildman–Crippen LogP) is 3.36. The van der Waals surface area contributed by atoms with Gasteiger partial charge in [-0.25, -0.2) is 0 Å². The van der Waals surface area contributed by atoms with Gasteiger partial charge in [0.15, 0.2) is 0 Å². The van der Waals surface area contributed by atoms with E-state index in [1.54, 1.807) is 12.1 Å². The average Bonchev–Trinajstić information content (AvgIpc) is 2.47. The molecule has 0 atom stereocenters. The van der Waals surface area contributed by atoms with Crippen LogP contribution in [0.5, 0.6) is 0 Å². The molecule has 0 amide bonds. The monoisotopic (exact) mass is 345 g/mol. The molecular formula is C15H14F3NO3S. The SMILES string of the molecule is Cc1ccc(S(=O)(=O)OCCc2ccnc(C(F)(F)F)c2)cc1. The maximum atomic E-state index is 12.5. The Morgan fingerprint density at radius 1 is 1.13 bits per heavy atom. The lowest BCUT2D eigenvalue weighted by Gasteiger charge is -2.08. The van der Waals surface area contributed by atoms with Crippen molar-refractivity contribution in [2.45, 2.75) is 24.4 Å². The van der Waals surface area contributed by atoms with E-state index in [0.717, 1.165) is 17.8 Å². The van der Waals surface area contributed by atoms with Crippen molar-refractivity contribution in [2.75, 3.05) is 6.61 Å². The number of alkyl halides is 3. The third-order valence-corrected chi connectivity index (χ3v) is 4.38. The second-order valence-electron chi connectivity index (χ2n) is 4.89. The van der Waals surface area contributed by atoms with E-state index in [1.807, 2.05) is 6.92 Å². The first-order chi connectivity index (χ1) is 10.7. The van der Waals surface area contributed by atoms with E-state index in [2.05, 4.69) is 4.98 Å². The summed E-state index contributed by atoms with van der Waals surface area (Å²) in [6, 6.07) is 8.36. The van der Waals surface area contributed by atoms with Crippen LogP contribution in [0.25, 0.3) is 0 Å². The molecule has 2 aromatic rings. The van der Waals surface area contributed by atoms with Crippen LogP contribution < -0.4 is 0 Å². The Hall–Kier alpha value is -1.93. The molecule has 0 aliphatic carbocycles. The number of aromatic nitrogens is 1. The van der Waals surface area contributed by atoms with E-state index in [9.17, 15) is 21.6 Å². The minimum Gasteiger partial charge on any atom is -0.266 e. The van der Waals surface area contributed by atoms with Gasteiger partial charge in [0, 0.05) is 6.20 Å². The first kappa shape index (κ1) is 17.4. The molecule has 0 aliphatic heterocycles. The number of hydrogen-bond donors (Lipinski definition) is 0. The van der Waals surface area contributed by atoms with Gasteiger partial charge in [-0.2, -0.15) is 21.6 Å². The van der Waals surface area contributed by atoms with Gasteiger partial charge in [0.2, 0.25) is 0 Å². The van der Waals surface area contributed by atoms with Crippen molar-refractivity contribution >= 4 is 10.1 Å². The second-order valence-corrected chi connectivity index (χ2v) is 6.50. The van der Waals surface area contributed by atoms with Crippen LogP contribution in [0.2, 0.25) is 0 Å². The van der Waals surface area contributed by atoms with Gasteiger partial charge in [0.1, 0.15) is 5.69 Å². The van der Waals surface area contributed by atoms with E-state index in [1.165, 1.54) is 18.2 Å².